The van der Waals surface area contributed by atoms with E-state index < -0.39 is 0 Å². The summed E-state index contributed by atoms with van der Waals surface area (Å²) >= 11 is 0. The smallest absolute Gasteiger partial charge is 0.223 e. The molecule has 2 N–H and O–H groups in total. The van der Waals surface area contributed by atoms with Crippen molar-refractivity contribution in [1.82, 2.24) is 10.2 Å². The highest BCUT2D eigenvalue weighted by atomic mass is 16.5. The van der Waals surface area contributed by atoms with Crippen LogP contribution in [-0.4, -0.2) is 36.1 Å². The lowest BCUT2D eigenvalue weighted by Crippen LogP contribution is -2.40. The van der Waals surface area contributed by atoms with Crippen molar-refractivity contribution in [2.24, 2.45) is 5.92 Å². The molecule has 1 saturated heterocycles. The zero-order chi connectivity index (χ0) is 19.2. The van der Waals surface area contributed by atoms with Gasteiger partial charge in [0.15, 0.2) is 11.5 Å². The molecule has 144 valence electrons. The Morgan fingerprint density at radius 2 is 1.89 bits per heavy atom. The van der Waals surface area contributed by atoms with E-state index in [4.69, 9.17) is 4.74 Å². The zero-order valence-corrected chi connectivity index (χ0v) is 16.0. The second-order valence-corrected chi connectivity index (χ2v) is 7.16. The SMILES string of the molecule is COc1cccc(CN2CCC(C(=O)N[C@H](C)c3ccccc3)CC2)c1O. The minimum Gasteiger partial charge on any atom is -0.504 e. The normalized spacial score (nSPS) is 16.7. The second kappa shape index (κ2) is 8.91. The average Bonchev–Trinajstić information content (AvgIpc) is 2.70. The fraction of sp³-hybridized carbons (Fsp3) is 0.409. The number of rotatable bonds is 6. The number of methoxy groups -OCH3 is 1. The lowest BCUT2D eigenvalue weighted by Gasteiger charge is -2.32. The van der Waals surface area contributed by atoms with Gasteiger partial charge in [0.25, 0.3) is 0 Å². The fourth-order valence-corrected chi connectivity index (χ4v) is 3.61. The van der Waals surface area contributed by atoms with Gasteiger partial charge in [-0.2, -0.15) is 0 Å². The van der Waals surface area contributed by atoms with Crippen molar-refractivity contribution in [1.29, 1.82) is 0 Å². The number of carbonyl (C=O) groups excluding carboxylic acids is 1. The molecule has 5 heteroatoms. The van der Waals surface area contributed by atoms with Gasteiger partial charge in [0.05, 0.1) is 13.2 Å². The van der Waals surface area contributed by atoms with Crippen LogP contribution in [0.5, 0.6) is 11.5 Å². The Morgan fingerprint density at radius 1 is 1.19 bits per heavy atom. The van der Waals surface area contributed by atoms with Crippen LogP contribution in [0.4, 0.5) is 0 Å². The second-order valence-electron chi connectivity index (χ2n) is 7.16. The van der Waals surface area contributed by atoms with E-state index in [1.807, 2.05) is 49.4 Å². The standard InChI is InChI=1S/C22H28N2O3/c1-16(17-7-4-3-5-8-17)23-22(26)18-11-13-24(14-12-18)15-19-9-6-10-20(27-2)21(19)25/h3-10,16,18,25H,11-15H2,1-2H3,(H,23,26)/t16-/m1/s1. The van der Waals surface area contributed by atoms with E-state index in [9.17, 15) is 9.90 Å². The lowest BCUT2D eigenvalue weighted by molar-refractivity contribution is -0.127. The molecule has 1 aliphatic rings. The molecule has 0 bridgehead atoms. The zero-order valence-electron chi connectivity index (χ0n) is 16.0. The molecule has 1 aliphatic heterocycles. The molecule has 0 radical (unpaired) electrons. The van der Waals surface area contributed by atoms with Crippen molar-refractivity contribution < 1.29 is 14.6 Å². The number of likely N-dealkylation sites (tertiary alicyclic amines) is 1. The Labute approximate surface area is 161 Å². The molecule has 2 aromatic carbocycles. The fourth-order valence-electron chi connectivity index (χ4n) is 3.61. The van der Waals surface area contributed by atoms with E-state index in [1.165, 1.54) is 0 Å². The van der Waals surface area contributed by atoms with Crippen molar-refractivity contribution in [3.05, 3.63) is 59.7 Å². The molecular formula is C22H28N2O3. The number of para-hydroxylation sites is 1. The third kappa shape index (κ3) is 4.80. The van der Waals surface area contributed by atoms with Crippen LogP contribution < -0.4 is 10.1 Å². The van der Waals surface area contributed by atoms with Gasteiger partial charge in [0.1, 0.15) is 0 Å². The van der Waals surface area contributed by atoms with Crippen molar-refractivity contribution in [3.8, 4) is 11.5 Å². The van der Waals surface area contributed by atoms with Gasteiger partial charge < -0.3 is 15.2 Å². The summed E-state index contributed by atoms with van der Waals surface area (Å²) in [6.07, 6.45) is 1.66. The van der Waals surface area contributed by atoms with Gasteiger partial charge in [0.2, 0.25) is 5.91 Å². The maximum Gasteiger partial charge on any atom is 0.223 e. The first-order chi connectivity index (χ1) is 13.1. The van der Waals surface area contributed by atoms with Crippen molar-refractivity contribution in [2.75, 3.05) is 20.2 Å². The first kappa shape index (κ1) is 19.2. The summed E-state index contributed by atoms with van der Waals surface area (Å²) in [7, 11) is 1.55. The monoisotopic (exact) mass is 368 g/mol. The predicted molar refractivity (Wildman–Crippen MR) is 106 cm³/mol. The van der Waals surface area contributed by atoms with Crippen LogP contribution in [0.25, 0.3) is 0 Å². The summed E-state index contributed by atoms with van der Waals surface area (Å²) in [5.41, 5.74) is 1.98. The largest absolute Gasteiger partial charge is 0.504 e. The number of hydrogen-bond donors (Lipinski definition) is 2. The van der Waals surface area contributed by atoms with E-state index >= 15 is 0 Å². The Bertz CT molecular complexity index is 755. The summed E-state index contributed by atoms with van der Waals surface area (Å²) in [4.78, 5) is 14.9. The Kier molecular flexibility index (Phi) is 6.35. The van der Waals surface area contributed by atoms with Gasteiger partial charge in [-0.15, -0.1) is 0 Å². The molecule has 0 spiro atoms. The minimum absolute atomic E-state index is 0.0189. The summed E-state index contributed by atoms with van der Waals surface area (Å²) in [6.45, 7) is 4.37. The summed E-state index contributed by atoms with van der Waals surface area (Å²) in [5, 5.41) is 13.4. The molecule has 0 aromatic heterocycles. The van der Waals surface area contributed by atoms with E-state index in [-0.39, 0.29) is 23.6 Å². The first-order valence-electron chi connectivity index (χ1n) is 9.51. The lowest BCUT2D eigenvalue weighted by atomic mass is 9.94. The number of nitrogens with one attached hydrogen (secondary N) is 1. The number of piperidine rings is 1. The van der Waals surface area contributed by atoms with Crippen LogP contribution in [0, 0.1) is 5.92 Å². The molecule has 2 aromatic rings. The highest BCUT2D eigenvalue weighted by molar-refractivity contribution is 5.79. The van der Waals surface area contributed by atoms with E-state index in [2.05, 4.69) is 10.2 Å². The van der Waals surface area contributed by atoms with Crippen LogP contribution in [0.15, 0.2) is 48.5 Å². The number of amides is 1. The number of phenols is 1. The number of hydrogen-bond acceptors (Lipinski definition) is 4. The topological polar surface area (TPSA) is 61.8 Å². The van der Waals surface area contributed by atoms with Crippen molar-refractivity contribution in [2.45, 2.75) is 32.4 Å². The number of carbonyl (C=O) groups is 1. The van der Waals surface area contributed by atoms with Crippen LogP contribution in [0.3, 0.4) is 0 Å². The third-order valence-electron chi connectivity index (χ3n) is 5.31. The average molecular weight is 368 g/mol. The van der Waals surface area contributed by atoms with Gasteiger partial charge in [-0.05, 0) is 44.5 Å². The quantitative estimate of drug-likeness (QED) is 0.819. The number of aromatic hydroxyl groups is 1. The molecule has 1 heterocycles. The Balaban J connectivity index is 1.51. The minimum atomic E-state index is 0.0189. The molecule has 0 aliphatic carbocycles. The molecule has 0 saturated carbocycles. The molecule has 3 rings (SSSR count). The number of phenolic OH excluding ortho intramolecular Hbond substituents is 1. The van der Waals surface area contributed by atoms with Crippen LogP contribution >= 0.6 is 0 Å². The van der Waals surface area contributed by atoms with E-state index in [1.54, 1.807) is 13.2 Å². The van der Waals surface area contributed by atoms with Crippen LogP contribution in [0.2, 0.25) is 0 Å². The third-order valence-corrected chi connectivity index (χ3v) is 5.31. The number of nitrogens with zero attached hydrogens (tertiary/aromatic N) is 1. The molecule has 1 fully saturated rings. The summed E-state index contributed by atoms with van der Waals surface area (Å²) in [5.74, 6) is 0.884. The van der Waals surface area contributed by atoms with Gasteiger partial charge in [-0.25, -0.2) is 0 Å². The number of ether oxygens (including phenoxy) is 1. The highest BCUT2D eigenvalue weighted by Gasteiger charge is 2.26. The van der Waals surface area contributed by atoms with Crippen LogP contribution in [0.1, 0.15) is 36.9 Å². The van der Waals surface area contributed by atoms with E-state index in [0.717, 1.165) is 37.1 Å². The van der Waals surface area contributed by atoms with Crippen molar-refractivity contribution >= 4 is 5.91 Å². The van der Waals surface area contributed by atoms with Gasteiger partial charge in [-0.1, -0.05) is 42.5 Å². The molecule has 0 unspecified atom stereocenters. The molecule has 5 nitrogen and oxygen atoms in total. The Morgan fingerprint density at radius 3 is 2.56 bits per heavy atom. The first-order valence-corrected chi connectivity index (χ1v) is 9.51. The summed E-state index contributed by atoms with van der Waals surface area (Å²) in [6, 6.07) is 15.6. The summed E-state index contributed by atoms with van der Waals surface area (Å²) < 4.78 is 5.18. The Hall–Kier alpha value is -2.53. The maximum atomic E-state index is 12.6. The van der Waals surface area contributed by atoms with Gasteiger partial charge in [-0.3, -0.25) is 9.69 Å². The molecule has 27 heavy (non-hydrogen) atoms. The molecule has 1 atom stereocenters. The maximum absolute atomic E-state index is 12.6. The number of benzene rings is 2. The highest BCUT2D eigenvalue weighted by Crippen LogP contribution is 2.31. The van der Waals surface area contributed by atoms with Crippen molar-refractivity contribution in [3.63, 3.8) is 0 Å². The van der Waals surface area contributed by atoms with Gasteiger partial charge in [0, 0.05) is 18.0 Å². The predicted octanol–water partition coefficient (Wildman–Crippen LogP) is 3.49. The van der Waals surface area contributed by atoms with E-state index in [0.29, 0.717) is 12.3 Å². The molecular weight excluding hydrogens is 340 g/mol. The van der Waals surface area contributed by atoms with Gasteiger partial charge >= 0.3 is 0 Å². The van der Waals surface area contributed by atoms with Crippen LogP contribution in [-0.2, 0) is 11.3 Å². The molecule has 1 amide bonds.